The van der Waals surface area contributed by atoms with Crippen molar-refractivity contribution in [3.05, 3.63) is 0 Å². The van der Waals surface area contributed by atoms with E-state index in [1.807, 2.05) is 0 Å². The number of likely N-dealkylation sites (N-methyl/N-ethyl adjacent to an activating group) is 1. The van der Waals surface area contributed by atoms with E-state index in [1.165, 1.54) is 32.2 Å². The van der Waals surface area contributed by atoms with E-state index < -0.39 is 0 Å². The van der Waals surface area contributed by atoms with Crippen LogP contribution in [0, 0.1) is 0 Å². The molecule has 0 radical (unpaired) electrons. The fourth-order valence-corrected chi connectivity index (χ4v) is 1.23. The van der Waals surface area contributed by atoms with Gasteiger partial charge in [0.05, 0.1) is 0 Å². The van der Waals surface area contributed by atoms with Crippen LogP contribution in [-0.4, -0.2) is 24.5 Å². The number of unbranched alkanes of at least 4 members (excludes halogenated alkanes) is 2. The van der Waals surface area contributed by atoms with E-state index in [9.17, 15) is 0 Å². The molecule has 1 rings (SSSR count). The van der Waals surface area contributed by atoms with Crippen LogP contribution >= 0.6 is 0 Å². The van der Waals surface area contributed by atoms with E-state index in [0.717, 1.165) is 6.04 Å². The van der Waals surface area contributed by atoms with E-state index in [-0.39, 0.29) is 0 Å². The number of rotatable bonds is 4. The molecule has 1 heteroatoms. The Balaban J connectivity index is 1.83. The second kappa shape index (κ2) is 3.21. The van der Waals surface area contributed by atoms with Crippen LogP contribution in [0.15, 0.2) is 0 Å². The molecule has 0 aliphatic carbocycles. The van der Waals surface area contributed by atoms with Crippen molar-refractivity contribution in [2.75, 3.05) is 13.6 Å². The number of hydrogen-bond donors (Lipinski definition) is 0. The summed E-state index contributed by atoms with van der Waals surface area (Å²) in [5.41, 5.74) is 0. The Morgan fingerprint density at radius 1 is 1.44 bits per heavy atom. The van der Waals surface area contributed by atoms with Gasteiger partial charge in [0, 0.05) is 12.6 Å². The minimum absolute atomic E-state index is 0.955. The zero-order chi connectivity index (χ0) is 6.69. The number of hydrogen-bond acceptors (Lipinski definition) is 1. The molecule has 0 saturated carbocycles. The van der Waals surface area contributed by atoms with Gasteiger partial charge in [-0.3, -0.25) is 0 Å². The Bertz CT molecular complexity index is 80.6. The second-order valence-corrected chi connectivity index (χ2v) is 3.09. The lowest BCUT2D eigenvalue weighted by Crippen LogP contribution is -1.92. The maximum absolute atomic E-state index is 2.41. The van der Waals surface area contributed by atoms with Crippen LogP contribution in [0.5, 0.6) is 0 Å². The predicted molar refractivity (Wildman–Crippen MR) is 40.6 cm³/mol. The van der Waals surface area contributed by atoms with Gasteiger partial charge >= 0.3 is 0 Å². The predicted octanol–water partition coefficient (Wildman–Crippen LogP) is 1.88. The molecule has 1 unspecified atom stereocenters. The molecule has 1 nitrogen and oxygen atoms in total. The molecule has 0 N–H and O–H groups in total. The van der Waals surface area contributed by atoms with Crippen LogP contribution in [0.2, 0.25) is 0 Å². The quantitative estimate of drug-likeness (QED) is 0.411. The average molecular weight is 127 g/mol. The zero-order valence-corrected chi connectivity index (χ0v) is 6.56. The Hall–Kier alpha value is -0.0400. The normalized spacial score (nSPS) is 32.7. The van der Waals surface area contributed by atoms with Crippen molar-refractivity contribution in [3.8, 4) is 0 Å². The molecule has 0 aromatic rings. The van der Waals surface area contributed by atoms with Crippen molar-refractivity contribution in [1.29, 1.82) is 0 Å². The lowest BCUT2D eigenvalue weighted by atomic mass is 10.2. The molecule has 1 aliphatic heterocycles. The highest BCUT2D eigenvalue weighted by atomic mass is 15.3. The highest BCUT2D eigenvalue weighted by Gasteiger charge is 2.27. The average Bonchev–Trinajstić information content (AvgIpc) is 2.48. The lowest BCUT2D eigenvalue weighted by Gasteiger charge is -1.94. The van der Waals surface area contributed by atoms with Gasteiger partial charge in [-0.15, -0.1) is 0 Å². The Morgan fingerprint density at radius 3 is 2.56 bits per heavy atom. The van der Waals surface area contributed by atoms with Crippen LogP contribution in [-0.2, 0) is 0 Å². The molecule has 0 aromatic carbocycles. The molecule has 1 heterocycles. The van der Waals surface area contributed by atoms with Crippen molar-refractivity contribution in [2.45, 2.75) is 38.6 Å². The summed E-state index contributed by atoms with van der Waals surface area (Å²) < 4.78 is 0. The minimum Gasteiger partial charge on any atom is -0.301 e. The fourth-order valence-electron chi connectivity index (χ4n) is 1.23. The summed E-state index contributed by atoms with van der Waals surface area (Å²) in [6.45, 7) is 3.61. The maximum Gasteiger partial charge on any atom is 0.0220 e. The summed E-state index contributed by atoms with van der Waals surface area (Å²) in [6.07, 6.45) is 5.65. The fraction of sp³-hybridized carbons (Fsp3) is 1.00. The van der Waals surface area contributed by atoms with Crippen LogP contribution in [0.25, 0.3) is 0 Å². The van der Waals surface area contributed by atoms with Gasteiger partial charge in [-0.25, -0.2) is 0 Å². The summed E-state index contributed by atoms with van der Waals surface area (Å²) in [4.78, 5) is 2.41. The maximum atomic E-state index is 2.41. The van der Waals surface area contributed by atoms with Crippen LogP contribution in [0.3, 0.4) is 0 Å². The van der Waals surface area contributed by atoms with Gasteiger partial charge in [0.1, 0.15) is 0 Å². The number of nitrogens with zero attached hydrogens (tertiary/aromatic N) is 1. The third-order valence-electron chi connectivity index (χ3n) is 2.13. The van der Waals surface area contributed by atoms with Gasteiger partial charge in [0.15, 0.2) is 0 Å². The van der Waals surface area contributed by atoms with Gasteiger partial charge < -0.3 is 4.90 Å². The van der Waals surface area contributed by atoms with Crippen molar-refractivity contribution in [2.24, 2.45) is 0 Å². The highest BCUT2D eigenvalue weighted by Crippen LogP contribution is 2.19. The molecule has 54 valence electrons. The molecule has 0 bridgehead atoms. The van der Waals surface area contributed by atoms with Gasteiger partial charge in [0.25, 0.3) is 0 Å². The van der Waals surface area contributed by atoms with Crippen LogP contribution in [0.4, 0.5) is 0 Å². The third kappa shape index (κ3) is 2.35. The van der Waals surface area contributed by atoms with Crippen molar-refractivity contribution in [3.63, 3.8) is 0 Å². The molecule has 1 saturated heterocycles. The van der Waals surface area contributed by atoms with Crippen molar-refractivity contribution >= 4 is 0 Å². The van der Waals surface area contributed by atoms with Crippen LogP contribution in [0.1, 0.15) is 32.6 Å². The summed E-state index contributed by atoms with van der Waals surface area (Å²) in [7, 11) is 2.20. The first kappa shape index (κ1) is 7.07. The second-order valence-electron chi connectivity index (χ2n) is 3.09. The first-order chi connectivity index (χ1) is 4.34. The first-order valence-electron chi connectivity index (χ1n) is 4.05. The summed E-state index contributed by atoms with van der Waals surface area (Å²) in [5.74, 6) is 0. The standard InChI is InChI=1S/C8H17N/c1-3-4-5-6-8-7-9(8)2/h8H,3-7H2,1-2H3/t8-,9?/m1/s1. The third-order valence-corrected chi connectivity index (χ3v) is 2.13. The van der Waals surface area contributed by atoms with E-state index in [2.05, 4.69) is 18.9 Å². The first-order valence-corrected chi connectivity index (χ1v) is 4.05. The molecule has 2 atom stereocenters. The van der Waals surface area contributed by atoms with Crippen molar-refractivity contribution in [1.82, 2.24) is 4.90 Å². The van der Waals surface area contributed by atoms with E-state index in [4.69, 9.17) is 0 Å². The molecular formula is C8H17N. The van der Waals surface area contributed by atoms with Gasteiger partial charge in [-0.05, 0) is 13.5 Å². The molecule has 0 amide bonds. The Labute approximate surface area is 58.0 Å². The molecule has 9 heavy (non-hydrogen) atoms. The Kier molecular flexibility index (Phi) is 2.52. The summed E-state index contributed by atoms with van der Waals surface area (Å²) >= 11 is 0. The topological polar surface area (TPSA) is 3.01 Å². The summed E-state index contributed by atoms with van der Waals surface area (Å²) in [6, 6.07) is 0.955. The van der Waals surface area contributed by atoms with Crippen LogP contribution < -0.4 is 0 Å². The molecule has 0 spiro atoms. The van der Waals surface area contributed by atoms with Gasteiger partial charge in [-0.1, -0.05) is 26.2 Å². The Morgan fingerprint density at radius 2 is 2.11 bits per heavy atom. The molecule has 1 aliphatic rings. The smallest absolute Gasteiger partial charge is 0.0220 e. The zero-order valence-electron chi connectivity index (χ0n) is 6.56. The van der Waals surface area contributed by atoms with E-state index >= 15 is 0 Å². The van der Waals surface area contributed by atoms with E-state index in [0.29, 0.717) is 0 Å². The largest absolute Gasteiger partial charge is 0.301 e. The van der Waals surface area contributed by atoms with Gasteiger partial charge in [-0.2, -0.15) is 0 Å². The SMILES string of the molecule is CCCCC[C@@H]1CN1C. The molecular weight excluding hydrogens is 110 g/mol. The summed E-state index contributed by atoms with van der Waals surface area (Å²) in [5, 5.41) is 0. The highest BCUT2D eigenvalue weighted by molar-refractivity contribution is 4.84. The van der Waals surface area contributed by atoms with Crippen molar-refractivity contribution < 1.29 is 0 Å². The molecule has 0 aromatic heterocycles. The minimum atomic E-state index is 0.955. The monoisotopic (exact) mass is 127 g/mol. The lowest BCUT2D eigenvalue weighted by molar-refractivity contribution is 0.556. The van der Waals surface area contributed by atoms with E-state index in [1.54, 1.807) is 0 Å². The van der Waals surface area contributed by atoms with Gasteiger partial charge in [0.2, 0.25) is 0 Å². The molecule has 1 fully saturated rings.